The van der Waals surface area contributed by atoms with E-state index in [1.165, 1.54) is 0 Å². The zero-order valence-corrected chi connectivity index (χ0v) is 13.7. The molecule has 1 aromatic heterocycles. The zero-order chi connectivity index (χ0) is 15.6. The minimum atomic E-state index is -0.444. The smallest absolute Gasteiger partial charge is 0.410 e. The van der Waals surface area contributed by atoms with E-state index in [-0.39, 0.29) is 12.1 Å². The van der Waals surface area contributed by atoms with E-state index in [9.17, 15) is 4.79 Å². The number of aryl methyl sites for hydroxylation is 1. The first kappa shape index (κ1) is 15.8. The Kier molecular flexibility index (Phi) is 4.56. The molecule has 2 rings (SSSR count). The van der Waals surface area contributed by atoms with Crippen LogP contribution in [0.25, 0.3) is 0 Å². The van der Waals surface area contributed by atoms with Crippen LogP contribution in [0.5, 0.6) is 0 Å². The summed E-state index contributed by atoms with van der Waals surface area (Å²) in [5.41, 5.74) is -0.444. The number of carbonyl (C=O) groups excluding carboxylic acids is 1. The fourth-order valence-corrected chi connectivity index (χ4v) is 2.52. The van der Waals surface area contributed by atoms with Gasteiger partial charge in [-0.05, 0) is 27.7 Å². The summed E-state index contributed by atoms with van der Waals surface area (Å²) in [6.45, 7) is 10.9. The molecular formula is C15H26N4O2. The van der Waals surface area contributed by atoms with E-state index in [0.717, 1.165) is 25.5 Å². The molecule has 1 saturated heterocycles. The summed E-state index contributed by atoms with van der Waals surface area (Å²) in [7, 11) is 2.00. The molecule has 21 heavy (non-hydrogen) atoms. The molecule has 2 heterocycles. The third kappa shape index (κ3) is 4.20. The van der Waals surface area contributed by atoms with Gasteiger partial charge < -0.3 is 14.2 Å². The van der Waals surface area contributed by atoms with Crippen LogP contribution in [-0.2, 0) is 18.3 Å². The molecule has 1 fully saturated rings. The number of aromatic nitrogens is 2. The maximum Gasteiger partial charge on any atom is 0.410 e. The van der Waals surface area contributed by atoms with Crippen LogP contribution in [-0.4, -0.2) is 56.7 Å². The van der Waals surface area contributed by atoms with Crippen molar-refractivity contribution in [1.82, 2.24) is 19.4 Å². The summed E-state index contributed by atoms with van der Waals surface area (Å²) < 4.78 is 7.49. The monoisotopic (exact) mass is 294 g/mol. The first-order valence-corrected chi connectivity index (χ1v) is 7.44. The average molecular weight is 294 g/mol. The van der Waals surface area contributed by atoms with Gasteiger partial charge in [0.05, 0.1) is 6.54 Å². The van der Waals surface area contributed by atoms with E-state index < -0.39 is 5.60 Å². The molecule has 118 valence electrons. The van der Waals surface area contributed by atoms with Crippen molar-refractivity contribution in [1.29, 1.82) is 0 Å². The van der Waals surface area contributed by atoms with E-state index in [4.69, 9.17) is 4.74 Å². The number of piperazine rings is 1. The fourth-order valence-electron chi connectivity index (χ4n) is 2.52. The highest BCUT2D eigenvalue weighted by Gasteiger charge is 2.30. The average Bonchev–Trinajstić information content (AvgIpc) is 2.72. The van der Waals surface area contributed by atoms with Crippen LogP contribution < -0.4 is 0 Å². The van der Waals surface area contributed by atoms with E-state index in [0.29, 0.717) is 6.54 Å². The maximum absolute atomic E-state index is 12.2. The van der Waals surface area contributed by atoms with Gasteiger partial charge in [0.25, 0.3) is 0 Å². The largest absolute Gasteiger partial charge is 0.444 e. The molecule has 0 unspecified atom stereocenters. The van der Waals surface area contributed by atoms with Gasteiger partial charge >= 0.3 is 6.09 Å². The van der Waals surface area contributed by atoms with E-state index in [1.54, 1.807) is 0 Å². The van der Waals surface area contributed by atoms with Gasteiger partial charge in [0.15, 0.2) is 0 Å². The van der Waals surface area contributed by atoms with Crippen molar-refractivity contribution in [3.05, 3.63) is 18.2 Å². The van der Waals surface area contributed by atoms with Crippen LogP contribution in [0.2, 0.25) is 0 Å². The maximum atomic E-state index is 12.2. The molecule has 6 heteroatoms. The number of nitrogens with zero attached hydrogens (tertiary/aromatic N) is 4. The third-order valence-corrected chi connectivity index (χ3v) is 3.63. The highest BCUT2D eigenvalue weighted by molar-refractivity contribution is 5.68. The van der Waals surface area contributed by atoms with Crippen LogP contribution in [0.3, 0.4) is 0 Å². The van der Waals surface area contributed by atoms with E-state index in [2.05, 4.69) is 16.8 Å². The molecule has 6 nitrogen and oxygen atoms in total. The van der Waals surface area contributed by atoms with Crippen LogP contribution >= 0.6 is 0 Å². The lowest BCUT2D eigenvalue weighted by molar-refractivity contribution is 0.000210. The van der Waals surface area contributed by atoms with Crippen molar-refractivity contribution >= 4 is 6.09 Å². The molecule has 0 aliphatic carbocycles. The molecule has 0 spiro atoms. The summed E-state index contributed by atoms with van der Waals surface area (Å²) in [5.74, 6) is 1.05. The molecule has 1 atom stereocenters. The quantitative estimate of drug-likeness (QED) is 0.835. The van der Waals surface area contributed by atoms with E-state index in [1.807, 2.05) is 49.7 Å². The topological polar surface area (TPSA) is 50.6 Å². The molecule has 0 saturated carbocycles. The lowest BCUT2D eigenvalue weighted by atomic mass is 10.2. The number of ether oxygens (including phenoxy) is 1. The van der Waals surface area contributed by atoms with Crippen molar-refractivity contribution in [2.24, 2.45) is 7.05 Å². The number of rotatable bonds is 2. The number of imidazole rings is 1. The van der Waals surface area contributed by atoms with Crippen molar-refractivity contribution in [2.45, 2.75) is 45.9 Å². The Labute approximate surface area is 126 Å². The van der Waals surface area contributed by atoms with Gasteiger partial charge in [0.2, 0.25) is 0 Å². The lowest BCUT2D eigenvalue weighted by Crippen LogP contribution is -2.54. The first-order chi connectivity index (χ1) is 9.76. The summed E-state index contributed by atoms with van der Waals surface area (Å²) in [5, 5.41) is 0. The highest BCUT2D eigenvalue weighted by atomic mass is 16.6. The molecule has 1 aliphatic rings. The summed E-state index contributed by atoms with van der Waals surface area (Å²) in [6.07, 6.45) is 3.55. The third-order valence-electron chi connectivity index (χ3n) is 3.63. The molecule has 0 radical (unpaired) electrons. The molecule has 0 bridgehead atoms. The fraction of sp³-hybridized carbons (Fsp3) is 0.733. The van der Waals surface area contributed by atoms with Crippen molar-refractivity contribution in [3.63, 3.8) is 0 Å². The Hall–Kier alpha value is -1.56. The van der Waals surface area contributed by atoms with Gasteiger partial charge in [0.1, 0.15) is 11.4 Å². The molecule has 1 amide bonds. The summed E-state index contributed by atoms with van der Waals surface area (Å²) >= 11 is 0. The predicted octanol–water partition coefficient (Wildman–Crippen LogP) is 1.86. The summed E-state index contributed by atoms with van der Waals surface area (Å²) in [4.78, 5) is 20.7. The second kappa shape index (κ2) is 6.05. The molecule has 1 aliphatic heterocycles. The Balaban J connectivity index is 1.90. The van der Waals surface area contributed by atoms with Crippen molar-refractivity contribution < 1.29 is 9.53 Å². The Bertz CT molecular complexity index is 492. The minimum absolute atomic E-state index is 0.147. The Morgan fingerprint density at radius 2 is 2.14 bits per heavy atom. The van der Waals surface area contributed by atoms with Gasteiger partial charge in [-0.3, -0.25) is 4.90 Å². The van der Waals surface area contributed by atoms with E-state index >= 15 is 0 Å². The Morgan fingerprint density at radius 1 is 1.43 bits per heavy atom. The van der Waals surface area contributed by atoms with Crippen molar-refractivity contribution in [3.8, 4) is 0 Å². The van der Waals surface area contributed by atoms with Gasteiger partial charge in [-0.15, -0.1) is 0 Å². The number of hydrogen-bond acceptors (Lipinski definition) is 4. The second-order valence-electron chi connectivity index (χ2n) is 6.71. The van der Waals surface area contributed by atoms with Crippen LogP contribution in [0, 0.1) is 0 Å². The minimum Gasteiger partial charge on any atom is -0.444 e. The SMILES string of the molecule is C[C@H]1CN(Cc2nccn2C)CCN1C(=O)OC(C)(C)C. The predicted molar refractivity (Wildman–Crippen MR) is 80.9 cm³/mol. The Morgan fingerprint density at radius 3 is 2.67 bits per heavy atom. The van der Waals surface area contributed by atoms with Crippen LogP contribution in [0.15, 0.2) is 12.4 Å². The lowest BCUT2D eigenvalue weighted by Gasteiger charge is -2.40. The number of hydrogen-bond donors (Lipinski definition) is 0. The molecule has 0 N–H and O–H groups in total. The molecule has 0 aromatic carbocycles. The number of carbonyl (C=O) groups is 1. The first-order valence-electron chi connectivity index (χ1n) is 7.44. The zero-order valence-electron chi connectivity index (χ0n) is 13.7. The number of amides is 1. The highest BCUT2D eigenvalue weighted by Crippen LogP contribution is 2.16. The van der Waals surface area contributed by atoms with Gasteiger partial charge in [0, 0.05) is 45.1 Å². The van der Waals surface area contributed by atoms with Crippen molar-refractivity contribution in [2.75, 3.05) is 19.6 Å². The molecule has 1 aromatic rings. The van der Waals surface area contributed by atoms with Gasteiger partial charge in [-0.2, -0.15) is 0 Å². The van der Waals surface area contributed by atoms with Crippen LogP contribution in [0.4, 0.5) is 4.79 Å². The van der Waals surface area contributed by atoms with Gasteiger partial charge in [-0.25, -0.2) is 9.78 Å². The normalized spacial score (nSPS) is 20.6. The van der Waals surface area contributed by atoms with Crippen LogP contribution in [0.1, 0.15) is 33.5 Å². The second-order valence-corrected chi connectivity index (χ2v) is 6.71. The molecular weight excluding hydrogens is 268 g/mol. The standard InChI is InChI=1S/C15H26N4O2/c1-12-10-18(11-13-16-6-7-17(13)5)8-9-19(12)14(20)21-15(2,3)4/h6-7,12H,8-11H2,1-5H3/t12-/m0/s1. The summed E-state index contributed by atoms with van der Waals surface area (Å²) in [6, 6.07) is 0.147. The van der Waals surface area contributed by atoms with Gasteiger partial charge in [-0.1, -0.05) is 0 Å².